The van der Waals surface area contributed by atoms with Gasteiger partial charge in [-0.3, -0.25) is 4.79 Å². The van der Waals surface area contributed by atoms with Crippen LogP contribution in [0.5, 0.6) is 0 Å². The molecule has 1 amide bonds. The largest absolute Gasteiger partial charge is 0.381 e. The van der Waals surface area contributed by atoms with Gasteiger partial charge in [0.2, 0.25) is 5.91 Å². The highest BCUT2D eigenvalue weighted by molar-refractivity contribution is 5.79. The van der Waals surface area contributed by atoms with Crippen LogP contribution in [-0.4, -0.2) is 56.1 Å². The molecule has 3 fully saturated rings. The van der Waals surface area contributed by atoms with Gasteiger partial charge in [-0.25, -0.2) is 0 Å². The predicted octanol–water partition coefficient (Wildman–Crippen LogP) is 0.634. The molecule has 0 aromatic rings. The summed E-state index contributed by atoms with van der Waals surface area (Å²) in [4.78, 5) is 14.4. The van der Waals surface area contributed by atoms with E-state index in [4.69, 9.17) is 14.2 Å². The zero-order chi connectivity index (χ0) is 12.6. The average molecular weight is 255 g/mol. The standard InChI is InChI=1S/C13H21NO4/c1-10-8-16-5-2-11(10)12(15)14-4-3-13(9-14)17-6-7-18-13/h10-11H,2-9H2,1H3. The van der Waals surface area contributed by atoms with Crippen molar-refractivity contribution in [1.29, 1.82) is 0 Å². The summed E-state index contributed by atoms with van der Waals surface area (Å²) in [6.07, 6.45) is 1.64. The Labute approximate surface area is 107 Å². The third-order valence-corrected chi connectivity index (χ3v) is 4.28. The lowest BCUT2D eigenvalue weighted by atomic mass is 9.89. The highest BCUT2D eigenvalue weighted by Crippen LogP contribution is 2.33. The first-order valence-electron chi connectivity index (χ1n) is 6.85. The van der Waals surface area contributed by atoms with Gasteiger partial charge >= 0.3 is 0 Å². The van der Waals surface area contributed by atoms with Crippen LogP contribution in [0.25, 0.3) is 0 Å². The van der Waals surface area contributed by atoms with E-state index in [0.29, 0.717) is 38.9 Å². The SMILES string of the molecule is CC1COCCC1C(=O)N1CCC2(C1)OCCO2. The maximum Gasteiger partial charge on any atom is 0.226 e. The normalized spacial score (nSPS) is 35.3. The van der Waals surface area contributed by atoms with Crippen molar-refractivity contribution in [1.82, 2.24) is 4.90 Å². The Balaban J connectivity index is 1.63. The molecule has 3 saturated heterocycles. The van der Waals surface area contributed by atoms with Crippen molar-refractivity contribution in [3.63, 3.8) is 0 Å². The molecular weight excluding hydrogens is 234 g/mol. The molecule has 0 N–H and O–H groups in total. The maximum atomic E-state index is 12.5. The number of hydrogen-bond donors (Lipinski definition) is 0. The zero-order valence-electron chi connectivity index (χ0n) is 10.9. The van der Waals surface area contributed by atoms with E-state index in [2.05, 4.69) is 6.92 Å². The van der Waals surface area contributed by atoms with E-state index < -0.39 is 5.79 Å². The molecule has 0 bridgehead atoms. The minimum atomic E-state index is -0.496. The predicted molar refractivity (Wildman–Crippen MR) is 63.9 cm³/mol. The van der Waals surface area contributed by atoms with Gasteiger partial charge < -0.3 is 19.1 Å². The fraction of sp³-hybridized carbons (Fsp3) is 0.923. The summed E-state index contributed by atoms with van der Waals surface area (Å²) >= 11 is 0. The van der Waals surface area contributed by atoms with Crippen LogP contribution < -0.4 is 0 Å². The summed E-state index contributed by atoms with van der Waals surface area (Å²) in [5, 5.41) is 0. The quantitative estimate of drug-likeness (QED) is 0.689. The third-order valence-electron chi connectivity index (χ3n) is 4.28. The Kier molecular flexibility index (Phi) is 3.30. The van der Waals surface area contributed by atoms with Gasteiger partial charge in [-0.05, 0) is 12.3 Å². The van der Waals surface area contributed by atoms with Crippen LogP contribution in [0.2, 0.25) is 0 Å². The van der Waals surface area contributed by atoms with Crippen LogP contribution in [0.15, 0.2) is 0 Å². The fourth-order valence-corrected chi connectivity index (χ4v) is 3.16. The van der Waals surface area contributed by atoms with Crippen LogP contribution in [0.4, 0.5) is 0 Å². The number of amides is 1. The first kappa shape index (κ1) is 12.4. The van der Waals surface area contributed by atoms with Gasteiger partial charge in [0.05, 0.1) is 19.8 Å². The Morgan fingerprint density at radius 1 is 1.28 bits per heavy atom. The Bertz CT molecular complexity index is 327. The second-order valence-electron chi connectivity index (χ2n) is 5.56. The summed E-state index contributed by atoms with van der Waals surface area (Å²) in [5.74, 6) is 0.176. The first-order valence-corrected chi connectivity index (χ1v) is 6.85. The summed E-state index contributed by atoms with van der Waals surface area (Å²) in [7, 11) is 0. The lowest BCUT2D eigenvalue weighted by Gasteiger charge is -2.31. The van der Waals surface area contributed by atoms with Crippen molar-refractivity contribution in [2.45, 2.75) is 25.6 Å². The van der Waals surface area contributed by atoms with E-state index >= 15 is 0 Å². The van der Waals surface area contributed by atoms with Crippen LogP contribution in [0, 0.1) is 11.8 Å². The molecule has 0 saturated carbocycles. The highest BCUT2D eigenvalue weighted by atomic mass is 16.7. The van der Waals surface area contributed by atoms with Gasteiger partial charge in [-0.2, -0.15) is 0 Å². The van der Waals surface area contributed by atoms with E-state index in [0.717, 1.165) is 19.4 Å². The minimum absolute atomic E-state index is 0.107. The second kappa shape index (κ2) is 4.79. The molecule has 3 heterocycles. The van der Waals surface area contributed by atoms with Crippen LogP contribution in [0.3, 0.4) is 0 Å². The van der Waals surface area contributed by atoms with E-state index in [1.807, 2.05) is 4.90 Å². The number of nitrogens with zero attached hydrogens (tertiary/aromatic N) is 1. The van der Waals surface area contributed by atoms with Crippen molar-refractivity contribution in [3.05, 3.63) is 0 Å². The van der Waals surface area contributed by atoms with Crippen molar-refractivity contribution in [3.8, 4) is 0 Å². The molecule has 3 aliphatic heterocycles. The molecule has 0 aromatic carbocycles. The van der Waals surface area contributed by atoms with E-state index in [1.54, 1.807) is 0 Å². The summed E-state index contributed by atoms with van der Waals surface area (Å²) in [5.41, 5.74) is 0. The van der Waals surface area contributed by atoms with Gasteiger partial charge in [0.1, 0.15) is 0 Å². The second-order valence-corrected chi connectivity index (χ2v) is 5.56. The minimum Gasteiger partial charge on any atom is -0.381 e. The lowest BCUT2D eigenvalue weighted by molar-refractivity contribution is -0.156. The molecule has 3 rings (SSSR count). The van der Waals surface area contributed by atoms with Gasteiger partial charge in [0.15, 0.2) is 5.79 Å². The van der Waals surface area contributed by atoms with E-state index in [-0.39, 0.29) is 11.8 Å². The zero-order valence-corrected chi connectivity index (χ0v) is 10.9. The molecular formula is C13H21NO4. The molecule has 2 atom stereocenters. The molecule has 5 nitrogen and oxygen atoms in total. The molecule has 18 heavy (non-hydrogen) atoms. The van der Waals surface area contributed by atoms with Crippen molar-refractivity contribution in [2.24, 2.45) is 11.8 Å². The Morgan fingerprint density at radius 2 is 2.06 bits per heavy atom. The molecule has 102 valence electrons. The monoisotopic (exact) mass is 255 g/mol. The maximum absolute atomic E-state index is 12.5. The molecule has 1 spiro atoms. The van der Waals surface area contributed by atoms with Crippen LogP contribution >= 0.6 is 0 Å². The average Bonchev–Trinajstić information content (AvgIpc) is 3.00. The number of carbonyl (C=O) groups excluding carboxylic acids is 1. The van der Waals surface area contributed by atoms with Gasteiger partial charge in [0.25, 0.3) is 0 Å². The van der Waals surface area contributed by atoms with E-state index in [1.165, 1.54) is 0 Å². The summed E-state index contributed by atoms with van der Waals surface area (Å²) in [6.45, 7) is 6.13. The first-order chi connectivity index (χ1) is 8.70. The molecule has 5 heteroatoms. The fourth-order valence-electron chi connectivity index (χ4n) is 3.16. The Hall–Kier alpha value is -0.650. The van der Waals surface area contributed by atoms with Gasteiger partial charge in [0, 0.05) is 32.1 Å². The lowest BCUT2D eigenvalue weighted by Crippen LogP contribution is -2.43. The van der Waals surface area contributed by atoms with Gasteiger partial charge in [-0.1, -0.05) is 6.92 Å². The van der Waals surface area contributed by atoms with Crippen LogP contribution in [0.1, 0.15) is 19.8 Å². The smallest absolute Gasteiger partial charge is 0.226 e. The third kappa shape index (κ3) is 2.15. The molecule has 0 radical (unpaired) electrons. The number of likely N-dealkylation sites (tertiary alicyclic amines) is 1. The van der Waals surface area contributed by atoms with Crippen molar-refractivity contribution >= 4 is 5.91 Å². The van der Waals surface area contributed by atoms with Crippen LogP contribution in [-0.2, 0) is 19.0 Å². The summed E-state index contributed by atoms with van der Waals surface area (Å²) < 4.78 is 16.7. The summed E-state index contributed by atoms with van der Waals surface area (Å²) in [6, 6.07) is 0. The number of hydrogen-bond acceptors (Lipinski definition) is 4. The topological polar surface area (TPSA) is 48.0 Å². The number of carbonyl (C=O) groups is 1. The molecule has 2 unspecified atom stereocenters. The molecule has 3 aliphatic rings. The van der Waals surface area contributed by atoms with E-state index in [9.17, 15) is 4.79 Å². The van der Waals surface area contributed by atoms with Gasteiger partial charge in [-0.15, -0.1) is 0 Å². The molecule has 0 aromatic heterocycles. The molecule has 0 aliphatic carbocycles. The number of rotatable bonds is 1. The highest BCUT2D eigenvalue weighted by Gasteiger charge is 2.46. The van der Waals surface area contributed by atoms with Crippen molar-refractivity contribution in [2.75, 3.05) is 39.5 Å². The Morgan fingerprint density at radius 3 is 2.78 bits per heavy atom. The number of ether oxygens (including phenoxy) is 3. The van der Waals surface area contributed by atoms with Crippen molar-refractivity contribution < 1.29 is 19.0 Å².